The minimum absolute atomic E-state index is 0.736. The van der Waals surface area contributed by atoms with Crippen LogP contribution < -0.4 is 5.73 Å². The van der Waals surface area contributed by atoms with E-state index in [0.717, 1.165) is 29.1 Å². The summed E-state index contributed by atoms with van der Waals surface area (Å²) >= 11 is 6.20. The highest BCUT2D eigenvalue weighted by Gasteiger charge is 2.24. The maximum atomic E-state index is 6.20. The van der Waals surface area contributed by atoms with Crippen molar-refractivity contribution in [3.8, 4) is 0 Å². The van der Waals surface area contributed by atoms with Crippen molar-refractivity contribution >= 4 is 17.3 Å². The molecule has 0 bridgehead atoms. The minimum Gasteiger partial charge on any atom is -0.399 e. The predicted octanol–water partition coefficient (Wildman–Crippen LogP) is 3.40. The van der Waals surface area contributed by atoms with E-state index in [0.29, 0.717) is 0 Å². The van der Waals surface area contributed by atoms with Crippen LogP contribution in [0.4, 0.5) is 5.69 Å². The van der Waals surface area contributed by atoms with Crippen molar-refractivity contribution in [2.24, 2.45) is 11.8 Å². The van der Waals surface area contributed by atoms with Crippen molar-refractivity contribution in [2.75, 3.05) is 18.8 Å². The number of halogens is 1. The first kappa shape index (κ1) is 12.7. The first-order valence-corrected chi connectivity index (χ1v) is 6.70. The molecular weight excluding hydrogens is 232 g/mol. The van der Waals surface area contributed by atoms with Crippen LogP contribution in [0.5, 0.6) is 0 Å². The Hall–Kier alpha value is -0.730. The van der Waals surface area contributed by atoms with Crippen molar-refractivity contribution in [3.63, 3.8) is 0 Å². The molecule has 1 unspecified atom stereocenters. The molecule has 0 saturated carbocycles. The minimum atomic E-state index is 0.736. The van der Waals surface area contributed by atoms with Crippen molar-refractivity contribution in [1.82, 2.24) is 4.90 Å². The monoisotopic (exact) mass is 252 g/mol. The third-order valence-corrected chi connectivity index (χ3v) is 4.07. The number of anilines is 1. The Balaban J connectivity index is 1.98. The average Bonchev–Trinajstić information content (AvgIpc) is 2.71. The lowest BCUT2D eigenvalue weighted by Crippen LogP contribution is -2.21. The Morgan fingerprint density at radius 1 is 1.47 bits per heavy atom. The van der Waals surface area contributed by atoms with Crippen LogP contribution in [0.1, 0.15) is 25.8 Å². The highest BCUT2D eigenvalue weighted by atomic mass is 35.5. The molecule has 2 N–H and O–H groups in total. The molecule has 94 valence electrons. The zero-order valence-electron chi connectivity index (χ0n) is 10.6. The molecular formula is C14H21ClN2. The number of likely N-dealkylation sites (tertiary alicyclic amines) is 1. The lowest BCUT2D eigenvalue weighted by atomic mass is 9.95. The van der Waals surface area contributed by atoms with Crippen molar-refractivity contribution in [3.05, 3.63) is 28.8 Å². The van der Waals surface area contributed by atoms with Gasteiger partial charge < -0.3 is 5.73 Å². The Morgan fingerprint density at radius 3 is 2.82 bits per heavy atom. The van der Waals surface area contributed by atoms with E-state index in [-0.39, 0.29) is 0 Å². The number of benzene rings is 1. The van der Waals surface area contributed by atoms with Crippen LogP contribution in [0.3, 0.4) is 0 Å². The third-order valence-electron chi connectivity index (χ3n) is 3.72. The number of nitrogen functional groups attached to an aromatic ring is 1. The number of rotatable bonds is 3. The SMILES string of the molecule is CC(C)C1CCN(Cc2ccc(N)cc2Cl)C1. The zero-order valence-corrected chi connectivity index (χ0v) is 11.4. The molecule has 1 aromatic rings. The molecule has 0 spiro atoms. The second-order valence-corrected chi connectivity index (χ2v) is 5.79. The van der Waals surface area contributed by atoms with Crippen LogP contribution in [0.2, 0.25) is 5.02 Å². The topological polar surface area (TPSA) is 29.3 Å². The van der Waals surface area contributed by atoms with Gasteiger partial charge in [0.2, 0.25) is 0 Å². The van der Waals surface area contributed by atoms with Gasteiger partial charge in [-0.1, -0.05) is 31.5 Å². The largest absolute Gasteiger partial charge is 0.399 e. The summed E-state index contributed by atoms with van der Waals surface area (Å²) in [5, 5.41) is 0.790. The van der Waals surface area contributed by atoms with Gasteiger partial charge in [0.25, 0.3) is 0 Å². The summed E-state index contributed by atoms with van der Waals surface area (Å²) in [4.78, 5) is 2.49. The van der Waals surface area contributed by atoms with Gasteiger partial charge in [-0.3, -0.25) is 4.90 Å². The molecule has 1 heterocycles. The third kappa shape index (κ3) is 3.14. The van der Waals surface area contributed by atoms with Crippen LogP contribution in [0.15, 0.2) is 18.2 Å². The van der Waals surface area contributed by atoms with Crippen molar-refractivity contribution < 1.29 is 0 Å². The molecule has 3 heteroatoms. The van der Waals surface area contributed by atoms with Gasteiger partial charge in [0.15, 0.2) is 0 Å². The van der Waals surface area contributed by atoms with Gasteiger partial charge in [0, 0.05) is 23.8 Å². The number of nitrogens with two attached hydrogens (primary N) is 1. The van der Waals surface area contributed by atoms with E-state index in [4.69, 9.17) is 17.3 Å². The van der Waals surface area contributed by atoms with Crippen LogP contribution in [0, 0.1) is 11.8 Å². The molecule has 1 atom stereocenters. The Labute approximate surface area is 109 Å². The van der Waals surface area contributed by atoms with E-state index in [9.17, 15) is 0 Å². The highest BCUT2D eigenvalue weighted by Crippen LogP contribution is 2.27. The zero-order chi connectivity index (χ0) is 12.4. The highest BCUT2D eigenvalue weighted by molar-refractivity contribution is 6.31. The second-order valence-electron chi connectivity index (χ2n) is 5.38. The fourth-order valence-corrected chi connectivity index (χ4v) is 2.73. The first-order valence-electron chi connectivity index (χ1n) is 6.32. The quantitative estimate of drug-likeness (QED) is 0.836. The van der Waals surface area contributed by atoms with Gasteiger partial charge in [-0.15, -0.1) is 0 Å². The molecule has 0 radical (unpaired) electrons. The number of hydrogen-bond acceptors (Lipinski definition) is 2. The van der Waals surface area contributed by atoms with Crippen LogP contribution >= 0.6 is 11.6 Å². The van der Waals surface area contributed by atoms with Crippen molar-refractivity contribution in [2.45, 2.75) is 26.8 Å². The van der Waals surface area contributed by atoms with Gasteiger partial charge in [0.1, 0.15) is 0 Å². The van der Waals surface area contributed by atoms with E-state index >= 15 is 0 Å². The van der Waals surface area contributed by atoms with Crippen LogP contribution in [-0.4, -0.2) is 18.0 Å². The molecule has 0 aromatic heterocycles. The molecule has 17 heavy (non-hydrogen) atoms. The Morgan fingerprint density at radius 2 is 2.24 bits per heavy atom. The van der Waals surface area contributed by atoms with E-state index in [1.54, 1.807) is 0 Å². The number of nitrogens with zero attached hydrogens (tertiary/aromatic N) is 1. The molecule has 1 aliphatic heterocycles. The average molecular weight is 253 g/mol. The normalized spacial score (nSPS) is 21.3. The van der Waals surface area contributed by atoms with Gasteiger partial charge >= 0.3 is 0 Å². The summed E-state index contributed by atoms with van der Waals surface area (Å²) in [5.74, 6) is 1.62. The summed E-state index contributed by atoms with van der Waals surface area (Å²) in [6.45, 7) is 7.94. The van der Waals surface area contributed by atoms with Gasteiger partial charge in [-0.25, -0.2) is 0 Å². The molecule has 2 nitrogen and oxygen atoms in total. The van der Waals surface area contributed by atoms with Gasteiger partial charge in [-0.05, 0) is 42.5 Å². The summed E-state index contributed by atoms with van der Waals surface area (Å²) < 4.78 is 0. The first-order chi connectivity index (χ1) is 8.06. The molecule has 1 saturated heterocycles. The predicted molar refractivity (Wildman–Crippen MR) is 74.1 cm³/mol. The smallest absolute Gasteiger partial charge is 0.0471 e. The number of hydrogen-bond donors (Lipinski definition) is 1. The standard InChI is InChI=1S/C14H21ClN2/c1-10(2)11-5-6-17(8-11)9-12-3-4-13(16)7-14(12)15/h3-4,7,10-11H,5-6,8-9,16H2,1-2H3. The molecule has 0 aliphatic carbocycles. The summed E-state index contributed by atoms with van der Waals surface area (Å²) in [7, 11) is 0. The Kier molecular flexibility index (Phi) is 3.95. The van der Waals surface area contributed by atoms with E-state index in [2.05, 4.69) is 18.7 Å². The fraction of sp³-hybridized carbons (Fsp3) is 0.571. The molecule has 0 amide bonds. The fourth-order valence-electron chi connectivity index (χ4n) is 2.48. The maximum absolute atomic E-state index is 6.20. The second kappa shape index (κ2) is 5.28. The molecule has 1 aliphatic rings. The molecule has 1 aromatic carbocycles. The van der Waals surface area contributed by atoms with Gasteiger partial charge in [-0.2, -0.15) is 0 Å². The maximum Gasteiger partial charge on any atom is 0.0471 e. The van der Waals surface area contributed by atoms with E-state index < -0.39 is 0 Å². The summed E-state index contributed by atoms with van der Waals surface area (Å²) in [5.41, 5.74) is 7.62. The summed E-state index contributed by atoms with van der Waals surface area (Å²) in [6.07, 6.45) is 1.31. The van der Waals surface area contributed by atoms with Gasteiger partial charge in [0.05, 0.1) is 0 Å². The van der Waals surface area contributed by atoms with E-state index in [1.807, 2.05) is 18.2 Å². The van der Waals surface area contributed by atoms with Crippen LogP contribution in [-0.2, 0) is 6.54 Å². The lowest BCUT2D eigenvalue weighted by Gasteiger charge is -2.18. The Bertz CT molecular complexity index is 390. The summed E-state index contributed by atoms with van der Waals surface area (Å²) in [6, 6.07) is 5.81. The molecule has 1 fully saturated rings. The molecule has 2 rings (SSSR count). The van der Waals surface area contributed by atoms with Crippen molar-refractivity contribution in [1.29, 1.82) is 0 Å². The van der Waals surface area contributed by atoms with E-state index in [1.165, 1.54) is 25.1 Å². The lowest BCUT2D eigenvalue weighted by molar-refractivity contribution is 0.297. The van der Waals surface area contributed by atoms with Crippen LogP contribution in [0.25, 0.3) is 0 Å².